The van der Waals surface area contributed by atoms with Crippen LogP contribution >= 0.6 is 12.6 Å². The first-order chi connectivity index (χ1) is 12.3. The van der Waals surface area contributed by atoms with Gasteiger partial charge in [0, 0.05) is 4.90 Å². The highest BCUT2D eigenvalue weighted by molar-refractivity contribution is 7.80. The fraction of sp³-hybridized carbons (Fsp3) is 0.250. The van der Waals surface area contributed by atoms with Crippen LogP contribution in [0.5, 0.6) is 0 Å². The molecule has 3 aromatic rings. The Kier molecular flexibility index (Phi) is 4.94. The average Bonchev–Trinajstić information content (AvgIpc) is 2.70. The molecule has 1 aliphatic rings. The Labute approximate surface area is 156 Å². The Hall–Kier alpha value is -1.99. The highest BCUT2D eigenvalue weighted by Crippen LogP contribution is 2.41. The highest BCUT2D eigenvalue weighted by Gasteiger charge is 2.19. The van der Waals surface area contributed by atoms with Crippen molar-refractivity contribution in [2.24, 2.45) is 0 Å². The zero-order valence-electron chi connectivity index (χ0n) is 14.5. The summed E-state index contributed by atoms with van der Waals surface area (Å²) >= 11 is 4.95. The fourth-order valence-corrected chi connectivity index (χ4v) is 4.39. The second kappa shape index (κ2) is 7.49. The number of benzene rings is 3. The Morgan fingerprint density at radius 2 is 1.12 bits per heavy atom. The SMILES string of the molecule is Sc1c(-c2ccccc2)cc(C2CCCCC2)cc1-c1ccccc1. The molecule has 0 unspecified atom stereocenters. The molecule has 0 bridgehead atoms. The molecule has 1 fully saturated rings. The Morgan fingerprint density at radius 3 is 1.60 bits per heavy atom. The minimum atomic E-state index is 0.688. The van der Waals surface area contributed by atoms with Gasteiger partial charge in [0.2, 0.25) is 0 Å². The number of hydrogen-bond donors (Lipinski definition) is 1. The molecule has 0 radical (unpaired) electrons. The summed E-state index contributed by atoms with van der Waals surface area (Å²) in [6, 6.07) is 26.1. The van der Waals surface area contributed by atoms with E-state index in [0.717, 1.165) is 4.90 Å². The van der Waals surface area contributed by atoms with Gasteiger partial charge in [-0.2, -0.15) is 0 Å². The van der Waals surface area contributed by atoms with E-state index in [0.29, 0.717) is 5.92 Å². The van der Waals surface area contributed by atoms with Gasteiger partial charge in [-0.05, 0) is 58.7 Å². The van der Waals surface area contributed by atoms with Crippen LogP contribution in [-0.2, 0) is 0 Å². The normalized spacial score (nSPS) is 15.2. The lowest BCUT2D eigenvalue weighted by molar-refractivity contribution is 0.443. The first-order valence-electron chi connectivity index (χ1n) is 9.30. The number of thiol groups is 1. The molecule has 3 aromatic carbocycles. The Balaban J connectivity index is 1.88. The first kappa shape index (κ1) is 16.5. The summed E-state index contributed by atoms with van der Waals surface area (Å²) in [6.45, 7) is 0. The smallest absolute Gasteiger partial charge is 0.0198 e. The second-order valence-corrected chi connectivity index (χ2v) is 7.48. The molecule has 1 aliphatic carbocycles. The van der Waals surface area contributed by atoms with Gasteiger partial charge >= 0.3 is 0 Å². The number of hydrogen-bond acceptors (Lipinski definition) is 1. The number of rotatable bonds is 3. The topological polar surface area (TPSA) is 0 Å². The van der Waals surface area contributed by atoms with Crippen molar-refractivity contribution in [2.45, 2.75) is 42.9 Å². The van der Waals surface area contributed by atoms with Crippen LogP contribution < -0.4 is 0 Å². The average molecular weight is 345 g/mol. The van der Waals surface area contributed by atoms with Crippen molar-refractivity contribution in [3.05, 3.63) is 78.4 Å². The molecular formula is C24H24S. The lowest BCUT2D eigenvalue weighted by Crippen LogP contribution is -2.05. The van der Waals surface area contributed by atoms with Crippen molar-refractivity contribution >= 4 is 12.6 Å². The van der Waals surface area contributed by atoms with Gasteiger partial charge < -0.3 is 0 Å². The van der Waals surface area contributed by atoms with Gasteiger partial charge in [0.25, 0.3) is 0 Å². The lowest BCUT2D eigenvalue weighted by Gasteiger charge is -2.24. The molecule has 0 nitrogen and oxygen atoms in total. The molecule has 0 aliphatic heterocycles. The monoisotopic (exact) mass is 344 g/mol. The van der Waals surface area contributed by atoms with Crippen molar-refractivity contribution in [2.75, 3.05) is 0 Å². The Bertz CT molecular complexity index is 770. The third-order valence-corrected chi connectivity index (χ3v) is 5.86. The molecule has 25 heavy (non-hydrogen) atoms. The summed E-state index contributed by atoms with van der Waals surface area (Å²) in [6.07, 6.45) is 6.73. The molecule has 4 rings (SSSR count). The zero-order valence-corrected chi connectivity index (χ0v) is 15.4. The van der Waals surface area contributed by atoms with Gasteiger partial charge in [0.15, 0.2) is 0 Å². The van der Waals surface area contributed by atoms with Crippen LogP contribution in [-0.4, -0.2) is 0 Å². The minimum Gasteiger partial charge on any atom is -0.142 e. The molecule has 0 aromatic heterocycles. The van der Waals surface area contributed by atoms with E-state index in [-0.39, 0.29) is 0 Å². The van der Waals surface area contributed by atoms with Crippen LogP contribution in [0.4, 0.5) is 0 Å². The highest BCUT2D eigenvalue weighted by atomic mass is 32.1. The van der Waals surface area contributed by atoms with E-state index in [1.165, 1.54) is 59.9 Å². The van der Waals surface area contributed by atoms with Crippen LogP contribution in [0.15, 0.2) is 77.7 Å². The molecule has 0 heterocycles. The molecule has 0 N–H and O–H groups in total. The summed E-state index contributed by atoms with van der Waals surface area (Å²) in [4.78, 5) is 1.08. The summed E-state index contributed by atoms with van der Waals surface area (Å²) in [5.74, 6) is 0.688. The fourth-order valence-electron chi connectivity index (χ4n) is 4.00. The van der Waals surface area contributed by atoms with Gasteiger partial charge in [-0.15, -0.1) is 12.6 Å². The van der Waals surface area contributed by atoms with Crippen molar-refractivity contribution in [3.63, 3.8) is 0 Å². The maximum Gasteiger partial charge on any atom is 0.0198 e. The van der Waals surface area contributed by atoms with E-state index in [4.69, 9.17) is 12.6 Å². The van der Waals surface area contributed by atoms with Gasteiger partial charge in [-0.1, -0.05) is 79.9 Å². The molecule has 1 heteroatoms. The van der Waals surface area contributed by atoms with Crippen molar-refractivity contribution in [3.8, 4) is 22.3 Å². The van der Waals surface area contributed by atoms with Gasteiger partial charge in [0.05, 0.1) is 0 Å². The lowest BCUT2D eigenvalue weighted by atomic mass is 9.82. The van der Waals surface area contributed by atoms with Gasteiger partial charge in [0.1, 0.15) is 0 Å². The Morgan fingerprint density at radius 1 is 0.640 bits per heavy atom. The van der Waals surface area contributed by atoms with Gasteiger partial charge in [-0.3, -0.25) is 0 Å². The molecule has 0 atom stereocenters. The van der Waals surface area contributed by atoms with Crippen LogP contribution in [0.2, 0.25) is 0 Å². The van der Waals surface area contributed by atoms with Crippen molar-refractivity contribution in [1.82, 2.24) is 0 Å². The van der Waals surface area contributed by atoms with E-state index in [2.05, 4.69) is 72.8 Å². The second-order valence-electron chi connectivity index (χ2n) is 7.03. The molecule has 0 spiro atoms. The zero-order chi connectivity index (χ0) is 17.1. The quantitative estimate of drug-likeness (QED) is 0.471. The minimum absolute atomic E-state index is 0.688. The van der Waals surface area contributed by atoms with Crippen LogP contribution in [0.25, 0.3) is 22.3 Å². The maximum absolute atomic E-state index is 4.95. The molecule has 1 saturated carbocycles. The largest absolute Gasteiger partial charge is 0.142 e. The van der Waals surface area contributed by atoms with E-state index >= 15 is 0 Å². The molecule has 0 saturated heterocycles. The predicted octanol–water partition coefficient (Wildman–Crippen LogP) is 7.36. The van der Waals surface area contributed by atoms with E-state index in [1.807, 2.05) is 0 Å². The van der Waals surface area contributed by atoms with Gasteiger partial charge in [-0.25, -0.2) is 0 Å². The third-order valence-electron chi connectivity index (χ3n) is 5.38. The molecule has 126 valence electrons. The predicted molar refractivity (Wildman–Crippen MR) is 110 cm³/mol. The first-order valence-corrected chi connectivity index (χ1v) is 9.75. The third kappa shape index (κ3) is 3.52. The standard InChI is InChI=1S/C24H24S/c25-24-22(19-12-6-2-7-13-19)16-21(18-10-4-1-5-11-18)17-23(24)20-14-8-3-9-15-20/h2-3,6-9,12-18,25H,1,4-5,10-11H2. The van der Waals surface area contributed by atoms with Crippen LogP contribution in [0, 0.1) is 0 Å². The van der Waals surface area contributed by atoms with E-state index in [1.54, 1.807) is 0 Å². The van der Waals surface area contributed by atoms with E-state index < -0.39 is 0 Å². The van der Waals surface area contributed by atoms with Crippen molar-refractivity contribution < 1.29 is 0 Å². The maximum atomic E-state index is 4.95. The summed E-state index contributed by atoms with van der Waals surface area (Å²) < 4.78 is 0. The van der Waals surface area contributed by atoms with Crippen molar-refractivity contribution in [1.29, 1.82) is 0 Å². The van der Waals surface area contributed by atoms with E-state index in [9.17, 15) is 0 Å². The van der Waals surface area contributed by atoms with Crippen LogP contribution in [0.1, 0.15) is 43.6 Å². The summed E-state index contributed by atoms with van der Waals surface area (Å²) in [5.41, 5.74) is 6.50. The molecule has 0 amide bonds. The summed E-state index contributed by atoms with van der Waals surface area (Å²) in [7, 11) is 0. The summed E-state index contributed by atoms with van der Waals surface area (Å²) in [5, 5.41) is 0. The van der Waals surface area contributed by atoms with Crippen LogP contribution in [0.3, 0.4) is 0 Å². The molecular weight excluding hydrogens is 320 g/mol.